The molecular formula is C21H27NO4. The molecule has 5 nitrogen and oxygen atoms in total. The van der Waals surface area contributed by atoms with E-state index < -0.39 is 11.0 Å². The third kappa shape index (κ3) is 2.13. The van der Waals surface area contributed by atoms with E-state index in [9.17, 15) is 15.0 Å². The molecular weight excluding hydrogens is 330 g/mol. The molecule has 0 unspecified atom stereocenters. The summed E-state index contributed by atoms with van der Waals surface area (Å²) in [6, 6.07) is 3.73. The molecule has 26 heavy (non-hydrogen) atoms. The third-order valence-corrected chi connectivity index (χ3v) is 7.27. The van der Waals surface area contributed by atoms with Crippen molar-refractivity contribution in [3.8, 4) is 11.5 Å². The Hall–Kier alpha value is -1.59. The van der Waals surface area contributed by atoms with Gasteiger partial charge in [0.05, 0.1) is 11.0 Å². The molecule has 0 aromatic heterocycles. The van der Waals surface area contributed by atoms with Crippen molar-refractivity contribution in [3.63, 3.8) is 0 Å². The van der Waals surface area contributed by atoms with Crippen LogP contribution in [0.1, 0.15) is 50.2 Å². The molecule has 5 heteroatoms. The number of Topliss-reactive ketones (excluding diaryl/α,β-unsaturated/α-hetero) is 1. The van der Waals surface area contributed by atoms with Gasteiger partial charge in [-0.3, -0.25) is 4.90 Å². The quantitative estimate of drug-likeness (QED) is 0.845. The van der Waals surface area contributed by atoms with Gasteiger partial charge in [-0.1, -0.05) is 6.07 Å². The molecule has 2 bridgehead atoms. The topological polar surface area (TPSA) is 70.0 Å². The second-order valence-corrected chi connectivity index (χ2v) is 8.85. The number of piperidine rings is 1. The van der Waals surface area contributed by atoms with Crippen LogP contribution in [0.25, 0.3) is 0 Å². The maximum Gasteiger partial charge on any atom is 0.165 e. The minimum Gasteiger partial charge on any atom is -0.504 e. The van der Waals surface area contributed by atoms with Crippen molar-refractivity contribution in [2.75, 3.05) is 19.7 Å². The number of phenols is 1. The van der Waals surface area contributed by atoms with Gasteiger partial charge in [-0.05, 0) is 63.1 Å². The second-order valence-electron chi connectivity index (χ2n) is 8.85. The molecule has 2 heterocycles. The number of rotatable bonds is 5. The van der Waals surface area contributed by atoms with Gasteiger partial charge in [-0.25, -0.2) is 0 Å². The van der Waals surface area contributed by atoms with E-state index in [1.54, 1.807) is 13.0 Å². The summed E-state index contributed by atoms with van der Waals surface area (Å²) in [6.45, 7) is 3.98. The van der Waals surface area contributed by atoms with Crippen molar-refractivity contribution in [1.82, 2.24) is 4.90 Å². The van der Waals surface area contributed by atoms with E-state index in [0.29, 0.717) is 25.2 Å². The van der Waals surface area contributed by atoms with Gasteiger partial charge in [0, 0.05) is 24.6 Å². The predicted molar refractivity (Wildman–Crippen MR) is 96.6 cm³/mol. The zero-order valence-electron chi connectivity index (χ0n) is 15.3. The number of hydrogen-bond acceptors (Lipinski definition) is 5. The normalized spacial score (nSPS) is 35.1. The molecule has 1 saturated carbocycles. The summed E-state index contributed by atoms with van der Waals surface area (Å²) in [5.74, 6) is 1.59. The Morgan fingerprint density at radius 3 is 2.92 bits per heavy atom. The SMILES string of the molecule is CC(=O)CC[C@@]1(O)[C@H]2Cc3ccc(O)c4c3[C@@]1(CCN2CC1CC1)CO4. The van der Waals surface area contributed by atoms with E-state index in [2.05, 4.69) is 4.90 Å². The highest BCUT2D eigenvalue weighted by Gasteiger charge is 2.66. The number of aromatic hydroxyl groups is 1. The van der Waals surface area contributed by atoms with Crippen LogP contribution in [0.15, 0.2) is 12.1 Å². The number of phenolic OH excluding ortho intramolecular Hbond substituents is 1. The van der Waals surface area contributed by atoms with Gasteiger partial charge >= 0.3 is 0 Å². The highest BCUT2D eigenvalue weighted by molar-refractivity contribution is 5.75. The number of fused-ring (bicyclic) bond motifs is 1. The Morgan fingerprint density at radius 1 is 1.38 bits per heavy atom. The lowest BCUT2D eigenvalue weighted by Crippen LogP contribution is -2.72. The first-order valence-corrected chi connectivity index (χ1v) is 9.88. The van der Waals surface area contributed by atoms with Crippen molar-refractivity contribution in [2.45, 2.75) is 62.5 Å². The monoisotopic (exact) mass is 357 g/mol. The zero-order valence-corrected chi connectivity index (χ0v) is 15.3. The van der Waals surface area contributed by atoms with Gasteiger partial charge in [-0.15, -0.1) is 0 Å². The van der Waals surface area contributed by atoms with Crippen molar-refractivity contribution in [2.24, 2.45) is 5.92 Å². The Kier molecular flexibility index (Phi) is 3.48. The molecule has 1 spiro atoms. The number of carbonyl (C=O) groups is 1. The van der Waals surface area contributed by atoms with E-state index in [-0.39, 0.29) is 17.6 Å². The van der Waals surface area contributed by atoms with Gasteiger partial charge in [-0.2, -0.15) is 0 Å². The van der Waals surface area contributed by atoms with Gasteiger partial charge in [0.25, 0.3) is 0 Å². The summed E-state index contributed by atoms with van der Waals surface area (Å²) in [6.07, 6.45) is 5.00. The fourth-order valence-corrected chi connectivity index (χ4v) is 5.72. The fourth-order valence-electron chi connectivity index (χ4n) is 5.72. The molecule has 4 aliphatic rings. The van der Waals surface area contributed by atoms with Crippen LogP contribution in [-0.4, -0.2) is 52.2 Å². The van der Waals surface area contributed by atoms with E-state index in [0.717, 1.165) is 37.4 Å². The standard InChI is InChI=1S/C21H27NO4/c1-13(23)6-7-21(25)17-10-15-4-5-16(24)19-18(15)20(21,12-26-19)8-9-22(17)11-14-2-3-14/h4-5,14,17,24-25H,2-3,6-12H2,1H3/t17-,20-,21-/m1/s1. The number of ether oxygens (including phenoxy) is 1. The Morgan fingerprint density at radius 2 is 2.19 bits per heavy atom. The van der Waals surface area contributed by atoms with Crippen molar-refractivity contribution < 1.29 is 19.7 Å². The van der Waals surface area contributed by atoms with E-state index in [1.165, 1.54) is 18.4 Å². The largest absolute Gasteiger partial charge is 0.504 e. The summed E-state index contributed by atoms with van der Waals surface area (Å²) in [7, 11) is 0. The molecule has 3 atom stereocenters. The molecule has 1 aromatic carbocycles. The average Bonchev–Trinajstić information content (AvgIpc) is 3.33. The van der Waals surface area contributed by atoms with Gasteiger partial charge in [0.15, 0.2) is 11.5 Å². The minimum atomic E-state index is -0.988. The Balaban J connectivity index is 1.62. The number of benzene rings is 1. The second kappa shape index (κ2) is 5.46. The van der Waals surface area contributed by atoms with E-state index in [1.807, 2.05) is 6.07 Å². The van der Waals surface area contributed by atoms with Crippen LogP contribution in [0.2, 0.25) is 0 Å². The maximum absolute atomic E-state index is 12.1. The predicted octanol–water partition coefficient (Wildman–Crippen LogP) is 2.16. The number of nitrogens with zero attached hydrogens (tertiary/aromatic N) is 1. The summed E-state index contributed by atoms with van der Waals surface area (Å²) in [4.78, 5) is 14.2. The van der Waals surface area contributed by atoms with Gasteiger partial charge in [0.2, 0.25) is 0 Å². The first-order valence-electron chi connectivity index (χ1n) is 9.88. The molecule has 5 rings (SSSR count). The highest BCUT2D eigenvalue weighted by Crippen LogP contribution is 2.60. The summed E-state index contributed by atoms with van der Waals surface area (Å²) in [5.41, 5.74) is 0.700. The maximum atomic E-state index is 12.1. The minimum absolute atomic E-state index is 0.0165. The van der Waals surface area contributed by atoms with Crippen molar-refractivity contribution in [3.05, 3.63) is 23.3 Å². The number of carbonyl (C=O) groups excluding carboxylic acids is 1. The number of ketones is 1. The molecule has 140 valence electrons. The van der Waals surface area contributed by atoms with Crippen LogP contribution in [0.5, 0.6) is 11.5 Å². The van der Waals surface area contributed by atoms with Gasteiger partial charge < -0.3 is 19.7 Å². The zero-order chi connectivity index (χ0) is 18.1. The lowest BCUT2D eigenvalue weighted by Gasteiger charge is -2.59. The van der Waals surface area contributed by atoms with Crippen LogP contribution >= 0.6 is 0 Å². The first kappa shape index (κ1) is 16.6. The Labute approximate surface area is 154 Å². The number of aliphatic hydroxyl groups is 1. The number of likely N-dealkylation sites (tertiary alicyclic amines) is 1. The summed E-state index contributed by atoms with van der Waals surface area (Å²) in [5, 5.41) is 22.4. The molecule has 2 aliphatic carbocycles. The van der Waals surface area contributed by atoms with Crippen LogP contribution in [-0.2, 0) is 16.6 Å². The van der Waals surface area contributed by atoms with Crippen LogP contribution in [0.3, 0.4) is 0 Å². The average molecular weight is 357 g/mol. The highest BCUT2D eigenvalue weighted by atomic mass is 16.5. The molecule has 2 N–H and O–H groups in total. The molecule has 1 saturated heterocycles. The van der Waals surface area contributed by atoms with Crippen LogP contribution in [0, 0.1) is 5.92 Å². The number of hydrogen-bond donors (Lipinski definition) is 2. The fraction of sp³-hybridized carbons (Fsp3) is 0.667. The Bertz CT molecular complexity index is 774. The summed E-state index contributed by atoms with van der Waals surface area (Å²) >= 11 is 0. The molecule has 2 aliphatic heterocycles. The third-order valence-electron chi connectivity index (χ3n) is 7.27. The summed E-state index contributed by atoms with van der Waals surface area (Å²) < 4.78 is 5.95. The van der Waals surface area contributed by atoms with Crippen molar-refractivity contribution in [1.29, 1.82) is 0 Å². The molecule has 2 fully saturated rings. The van der Waals surface area contributed by atoms with Crippen molar-refractivity contribution >= 4 is 5.78 Å². The van der Waals surface area contributed by atoms with Gasteiger partial charge in [0.1, 0.15) is 12.4 Å². The molecule has 0 radical (unpaired) electrons. The molecule has 1 aromatic rings. The van der Waals surface area contributed by atoms with E-state index >= 15 is 0 Å². The first-order chi connectivity index (χ1) is 12.4. The molecule has 0 amide bonds. The van der Waals surface area contributed by atoms with Crippen LogP contribution < -0.4 is 4.74 Å². The van der Waals surface area contributed by atoms with E-state index in [4.69, 9.17) is 4.74 Å². The van der Waals surface area contributed by atoms with Crippen LogP contribution in [0.4, 0.5) is 0 Å². The smallest absolute Gasteiger partial charge is 0.165 e. The lowest BCUT2D eigenvalue weighted by atomic mass is 9.54. The lowest BCUT2D eigenvalue weighted by molar-refractivity contribution is -0.156.